The topological polar surface area (TPSA) is 54.2 Å². The molecule has 0 aromatic carbocycles. The van der Waals surface area contributed by atoms with E-state index >= 15 is 0 Å². The Bertz CT molecular complexity index is 426. The fraction of sp³-hybridized carbons (Fsp3) is 0.867. The number of aromatic nitrogens is 2. The average Bonchev–Trinajstić information content (AvgIpc) is 2.95. The zero-order valence-corrected chi connectivity index (χ0v) is 14.4. The van der Waals surface area contributed by atoms with Crippen LogP contribution in [0.25, 0.3) is 0 Å². The Morgan fingerprint density at radius 2 is 2.29 bits per heavy atom. The van der Waals surface area contributed by atoms with Gasteiger partial charge in [-0.2, -0.15) is 16.7 Å². The lowest BCUT2D eigenvalue weighted by molar-refractivity contribution is 0.255. The van der Waals surface area contributed by atoms with Crippen LogP contribution in [0.2, 0.25) is 0 Å². The summed E-state index contributed by atoms with van der Waals surface area (Å²) in [6.07, 6.45) is 2.15. The van der Waals surface area contributed by atoms with Crippen LogP contribution in [-0.4, -0.2) is 52.7 Å². The Kier molecular flexibility index (Phi) is 6.51. The first kappa shape index (κ1) is 16.8. The van der Waals surface area contributed by atoms with Crippen LogP contribution in [0.1, 0.15) is 57.3 Å². The molecule has 0 bridgehead atoms. The van der Waals surface area contributed by atoms with E-state index < -0.39 is 0 Å². The number of hydrogen-bond donors (Lipinski definition) is 1. The average molecular weight is 312 g/mol. The first-order chi connectivity index (χ1) is 10.2. The Morgan fingerprint density at radius 1 is 1.48 bits per heavy atom. The second-order valence-electron chi connectivity index (χ2n) is 5.82. The largest absolute Gasteiger partial charge is 0.339 e. The number of nitrogens with zero attached hydrogens (tertiary/aromatic N) is 3. The molecule has 1 saturated heterocycles. The SMILES string of the molecule is CCCNC(C)C(CC)c1nc(C2CSCCN2C)no1. The molecule has 3 atom stereocenters. The van der Waals surface area contributed by atoms with Crippen molar-refractivity contribution in [2.75, 3.05) is 31.6 Å². The molecular weight excluding hydrogens is 284 g/mol. The molecule has 1 aliphatic heterocycles. The van der Waals surface area contributed by atoms with E-state index in [1.165, 1.54) is 5.75 Å². The highest BCUT2D eigenvalue weighted by Crippen LogP contribution is 2.28. The molecule has 0 aliphatic carbocycles. The van der Waals surface area contributed by atoms with Crippen molar-refractivity contribution in [2.45, 2.75) is 51.6 Å². The fourth-order valence-corrected chi connectivity index (χ4v) is 3.96. The predicted molar refractivity (Wildman–Crippen MR) is 87.8 cm³/mol. The van der Waals surface area contributed by atoms with Crippen LogP contribution in [0.3, 0.4) is 0 Å². The molecule has 1 fully saturated rings. The van der Waals surface area contributed by atoms with Gasteiger partial charge in [0, 0.05) is 24.1 Å². The van der Waals surface area contributed by atoms with E-state index in [0.29, 0.717) is 12.0 Å². The normalized spacial score (nSPS) is 23.1. The molecular formula is C15H28N4OS. The van der Waals surface area contributed by atoms with E-state index in [2.05, 4.69) is 43.2 Å². The summed E-state index contributed by atoms with van der Waals surface area (Å²) in [6.45, 7) is 8.69. The van der Waals surface area contributed by atoms with Gasteiger partial charge < -0.3 is 9.84 Å². The Hall–Kier alpha value is -0.590. The molecule has 2 rings (SSSR count). The highest BCUT2D eigenvalue weighted by molar-refractivity contribution is 7.99. The van der Waals surface area contributed by atoms with Gasteiger partial charge in [0.2, 0.25) is 5.89 Å². The molecule has 0 saturated carbocycles. The summed E-state index contributed by atoms with van der Waals surface area (Å²) in [7, 11) is 2.14. The molecule has 2 heterocycles. The van der Waals surface area contributed by atoms with E-state index in [1.807, 2.05) is 11.8 Å². The summed E-state index contributed by atoms with van der Waals surface area (Å²) in [5.74, 6) is 4.16. The van der Waals surface area contributed by atoms with Gasteiger partial charge in [0.25, 0.3) is 0 Å². The molecule has 1 aromatic heterocycles. The van der Waals surface area contributed by atoms with Gasteiger partial charge in [-0.15, -0.1) is 0 Å². The number of thioether (sulfide) groups is 1. The lowest BCUT2D eigenvalue weighted by Crippen LogP contribution is -2.34. The molecule has 0 radical (unpaired) electrons. The van der Waals surface area contributed by atoms with Crippen LogP contribution in [0.15, 0.2) is 4.52 Å². The highest BCUT2D eigenvalue weighted by Gasteiger charge is 2.29. The van der Waals surface area contributed by atoms with Gasteiger partial charge in [-0.3, -0.25) is 4.90 Å². The van der Waals surface area contributed by atoms with E-state index in [4.69, 9.17) is 9.51 Å². The third-order valence-corrected chi connectivity index (χ3v) is 5.25. The van der Waals surface area contributed by atoms with Gasteiger partial charge in [-0.1, -0.05) is 19.0 Å². The van der Waals surface area contributed by atoms with Crippen LogP contribution in [-0.2, 0) is 0 Å². The van der Waals surface area contributed by atoms with E-state index in [0.717, 1.165) is 43.4 Å². The van der Waals surface area contributed by atoms with E-state index in [-0.39, 0.29) is 6.04 Å². The molecule has 5 nitrogen and oxygen atoms in total. The Labute approximate surface area is 132 Å². The van der Waals surface area contributed by atoms with Crippen LogP contribution >= 0.6 is 11.8 Å². The summed E-state index contributed by atoms with van der Waals surface area (Å²) >= 11 is 1.97. The molecule has 21 heavy (non-hydrogen) atoms. The van der Waals surface area contributed by atoms with Gasteiger partial charge in [-0.25, -0.2) is 0 Å². The van der Waals surface area contributed by atoms with Crippen molar-refractivity contribution in [3.8, 4) is 0 Å². The molecule has 6 heteroatoms. The minimum absolute atomic E-state index is 0.290. The summed E-state index contributed by atoms with van der Waals surface area (Å²) in [5.41, 5.74) is 0. The monoisotopic (exact) mass is 312 g/mol. The second kappa shape index (κ2) is 8.15. The summed E-state index contributed by atoms with van der Waals surface area (Å²) in [4.78, 5) is 7.04. The molecule has 0 spiro atoms. The van der Waals surface area contributed by atoms with Crippen LogP contribution < -0.4 is 5.32 Å². The van der Waals surface area contributed by atoms with E-state index in [1.54, 1.807) is 0 Å². The lowest BCUT2D eigenvalue weighted by atomic mass is 9.98. The standard InChI is InChI=1S/C15H28N4OS/c1-5-7-16-11(3)12(6-2)15-17-14(18-20-15)13-10-21-9-8-19(13)4/h11-13,16H,5-10H2,1-4H3. The third-order valence-electron chi connectivity index (χ3n) is 4.23. The first-order valence-electron chi connectivity index (χ1n) is 8.02. The van der Waals surface area contributed by atoms with Crippen LogP contribution in [0.5, 0.6) is 0 Å². The number of nitrogens with one attached hydrogen (secondary N) is 1. The second-order valence-corrected chi connectivity index (χ2v) is 6.97. The summed E-state index contributed by atoms with van der Waals surface area (Å²) in [6, 6.07) is 0.652. The number of hydrogen-bond acceptors (Lipinski definition) is 6. The Balaban J connectivity index is 2.06. The first-order valence-corrected chi connectivity index (χ1v) is 9.17. The maximum Gasteiger partial charge on any atom is 0.231 e. The Morgan fingerprint density at radius 3 is 2.95 bits per heavy atom. The molecule has 0 amide bonds. The quantitative estimate of drug-likeness (QED) is 0.835. The summed E-state index contributed by atoms with van der Waals surface area (Å²) in [5, 5.41) is 7.79. The van der Waals surface area contributed by atoms with Gasteiger partial charge in [0.1, 0.15) is 0 Å². The van der Waals surface area contributed by atoms with Gasteiger partial charge in [-0.05, 0) is 33.4 Å². The van der Waals surface area contributed by atoms with E-state index in [9.17, 15) is 0 Å². The van der Waals surface area contributed by atoms with Crippen molar-refractivity contribution in [1.82, 2.24) is 20.4 Å². The fourth-order valence-electron chi connectivity index (χ4n) is 2.75. The minimum atomic E-state index is 0.290. The highest BCUT2D eigenvalue weighted by atomic mass is 32.2. The summed E-state index contributed by atoms with van der Waals surface area (Å²) < 4.78 is 5.58. The molecule has 1 aliphatic rings. The van der Waals surface area contributed by atoms with Crippen molar-refractivity contribution < 1.29 is 4.52 Å². The van der Waals surface area contributed by atoms with Gasteiger partial charge >= 0.3 is 0 Å². The maximum absolute atomic E-state index is 5.58. The van der Waals surface area contributed by atoms with Crippen molar-refractivity contribution in [3.63, 3.8) is 0 Å². The molecule has 3 unspecified atom stereocenters. The van der Waals surface area contributed by atoms with Gasteiger partial charge in [0.15, 0.2) is 5.82 Å². The molecule has 1 aromatic rings. The van der Waals surface area contributed by atoms with Crippen molar-refractivity contribution >= 4 is 11.8 Å². The molecule has 120 valence electrons. The predicted octanol–water partition coefficient (Wildman–Crippen LogP) is 2.67. The lowest BCUT2D eigenvalue weighted by Gasteiger charge is -2.29. The minimum Gasteiger partial charge on any atom is -0.339 e. The molecule has 1 N–H and O–H groups in total. The van der Waals surface area contributed by atoms with Gasteiger partial charge in [0.05, 0.1) is 12.0 Å². The van der Waals surface area contributed by atoms with Crippen molar-refractivity contribution in [1.29, 1.82) is 0 Å². The van der Waals surface area contributed by atoms with Crippen molar-refractivity contribution in [2.24, 2.45) is 0 Å². The third kappa shape index (κ3) is 4.20. The maximum atomic E-state index is 5.58. The smallest absolute Gasteiger partial charge is 0.231 e. The zero-order valence-electron chi connectivity index (χ0n) is 13.6. The number of rotatable bonds is 7. The van der Waals surface area contributed by atoms with Crippen LogP contribution in [0.4, 0.5) is 0 Å². The van der Waals surface area contributed by atoms with Crippen LogP contribution in [0, 0.1) is 0 Å². The van der Waals surface area contributed by atoms with Crippen molar-refractivity contribution in [3.05, 3.63) is 11.7 Å². The zero-order chi connectivity index (χ0) is 15.2.